The smallest absolute Gasteiger partial charge is 0.221 e. The predicted octanol–water partition coefficient (Wildman–Crippen LogP) is 7.08. The van der Waals surface area contributed by atoms with Crippen LogP contribution in [-0.4, -0.2) is 5.24 Å². The van der Waals surface area contributed by atoms with Crippen molar-refractivity contribution in [1.29, 1.82) is 0 Å². The lowest BCUT2D eigenvalue weighted by Crippen LogP contribution is -1.82. The average Bonchev–Trinajstić information content (AvgIpc) is 2.39. The average molecular weight is 303 g/mol. The number of rotatable bonds is 7. The topological polar surface area (TPSA) is 17.1 Å². The maximum absolute atomic E-state index is 9.97. The first-order valence-electron chi connectivity index (χ1n) is 7.45. The van der Waals surface area contributed by atoms with Crippen molar-refractivity contribution in [3.63, 3.8) is 0 Å². The molecule has 1 nitrogen and oxygen atoms in total. The van der Waals surface area contributed by atoms with Gasteiger partial charge in [0.25, 0.3) is 0 Å². The van der Waals surface area contributed by atoms with Crippen LogP contribution in [0.5, 0.6) is 0 Å². The summed E-state index contributed by atoms with van der Waals surface area (Å²) in [5, 5.41) is -0.221. The van der Waals surface area contributed by atoms with Gasteiger partial charge in [0.1, 0.15) is 0 Å². The van der Waals surface area contributed by atoms with E-state index in [4.69, 9.17) is 11.6 Å². The first-order chi connectivity index (χ1) is 9.51. The largest absolute Gasteiger partial charge is 0.281 e. The molecule has 0 atom stereocenters. The number of carbonyl (C=O) groups is 1. The molecule has 0 aromatic rings. The molecule has 0 bridgehead atoms. The van der Waals surface area contributed by atoms with Crippen molar-refractivity contribution in [2.75, 3.05) is 0 Å². The zero-order chi connectivity index (χ0) is 16.6. The minimum atomic E-state index is -0.221. The zero-order valence-electron chi connectivity index (χ0n) is 14.1. The Morgan fingerprint density at radius 3 is 1.55 bits per heavy atom. The van der Waals surface area contributed by atoms with Crippen LogP contribution < -0.4 is 0 Å². The Labute approximate surface area is 132 Å². The predicted molar refractivity (Wildman–Crippen MR) is 96.5 cm³/mol. The summed E-state index contributed by atoms with van der Waals surface area (Å²) < 4.78 is 0. The molecule has 120 valence electrons. The first kappa shape index (κ1) is 27.5. The van der Waals surface area contributed by atoms with E-state index in [9.17, 15) is 4.79 Å². The van der Waals surface area contributed by atoms with Crippen LogP contribution in [0.3, 0.4) is 0 Å². The van der Waals surface area contributed by atoms with Crippen LogP contribution in [0, 0.1) is 0 Å². The minimum Gasteiger partial charge on any atom is -0.281 e. The fraction of sp³-hybridized carbons (Fsp3) is 0.611. The van der Waals surface area contributed by atoms with Crippen LogP contribution in [0.2, 0.25) is 0 Å². The summed E-state index contributed by atoms with van der Waals surface area (Å²) >= 11 is 5.02. The maximum atomic E-state index is 9.97. The van der Waals surface area contributed by atoms with Crippen molar-refractivity contribution < 1.29 is 4.79 Å². The van der Waals surface area contributed by atoms with Crippen LogP contribution in [-0.2, 0) is 4.79 Å². The van der Waals surface area contributed by atoms with Crippen LogP contribution in [0.4, 0.5) is 0 Å². The van der Waals surface area contributed by atoms with Gasteiger partial charge in [0.2, 0.25) is 5.24 Å². The number of hydrogen-bond donors (Lipinski definition) is 0. The van der Waals surface area contributed by atoms with E-state index in [-0.39, 0.29) is 5.24 Å². The van der Waals surface area contributed by atoms with Gasteiger partial charge in [-0.15, -0.1) is 19.7 Å². The molecule has 0 heterocycles. The normalized spacial score (nSPS) is 7.45. The van der Waals surface area contributed by atoms with E-state index in [0.717, 1.165) is 12.8 Å². The number of unbranched alkanes of at least 4 members (excludes halogenated alkanes) is 4. The van der Waals surface area contributed by atoms with Gasteiger partial charge in [-0.05, 0) is 44.7 Å². The molecule has 0 saturated heterocycles. The highest BCUT2D eigenvalue weighted by Crippen LogP contribution is 1.97. The summed E-state index contributed by atoms with van der Waals surface area (Å²) in [4.78, 5) is 9.97. The molecule has 0 saturated carbocycles. The maximum Gasteiger partial charge on any atom is 0.221 e. The van der Waals surface area contributed by atoms with Gasteiger partial charge < -0.3 is 0 Å². The molecular weight excluding hydrogens is 268 g/mol. The van der Waals surface area contributed by atoms with E-state index in [2.05, 4.69) is 26.7 Å². The van der Waals surface area contributed by atoms with Gasteiger partial charge in [-0.1, -0.05) is 51.3 Å². The molecule has 2 heteroatoms. The molecule has 0 radical (unpaired) electrons. The lowest BCUT2D eigenvalue weighted by Gasteiger charge is -1.87. The van der Waals surface area contributed by atoms with E-state index in [1.54, 1.807) is 12.2 Å². The van der Waals surface area contributed by atoms with Gasteiger partial charge in [0.15, 0.2) is 0 Å². The fourth-order valence-corrected chi connectivity index (χ4v) is 0.988. The highest BCUT2D eigenvalue weighted by Gasteiger charge is 1.90. The Morgan fingerprint density at radius 2 is 1.35 bits per heavy atom. The number of carbonyl (C=O) groups excluding carboxylic acids is 1. The molecule has 0 amide bonds. The standard InChI is InChI=1S/C7H14.C5H9ClO.2C3H6/c1-3-5-7-6-4-2;1-2-3-4-5(6)7;2*1-3-2/h3H,1,4-7H2,2H3;2-4H2,1H3;2*3H,1H2,2H3. The highest BCUT2D eigenvalue weighted by molar-refractivity contribution is 6.63. The van der Waals surface area contributed by atoms with Crippen molar-refractivity contribution >= 4 is 16.8 Å². The zero-order valence-corrected chi connectivity index (χ0v) is 14.8. The van der Waals surface area contributed by atoms with Crippen LogP contribution in [0.25, 0.3) is 0 Å². The Kier molecular flexibility index (Phi) is 49.8. The van der Waals surface area contributed by atoms with E-state index in [1.165, 1.54) is 25.7 Å². The van der Waals surface area contributed by atoms with Crippen LogP contribution in [0.1, 0.15) is 72.6 Å². The molecule has 0 aliphatic rings. The minimum absolute atomic E-state index is 0.221. The molecule has 0 aliphatic heterocycles. The molecule has 0 aromatic heterocycles. The number of halogens is 1. The van der Waals surface area contributed by atoms with Crippen molar-refractivity contribution in [2.24, 2.45) is 0 Å². The summed E-state index contributed by atoms with van der Waals surface area (Å²) in [6, 6.07) is 0. The quantitative estimate of drug-likeness (QED) is 0.279. The summed E-state index contributed by atoms with van der Waals surface area (Å²) in [6.45, 7) is 18.4. The molecule has 0 N–H and O–H groups in total. The van der Waals surface area contributed by atoms with Crippen molar-refractivity contribution in [3.05, 3.63) is 38.0 Å². The Balaban J connectivity index is -0.0000000927. The molecule has 0 aromatic carbocycles. The second kappa shape index (κ2) is 36.2. The van der Waals surface area contributed by atoms with E-state index < -0.39 is 0 Å². The third-order valence-electron chi connectivity index (χ3n) is 1.74. The molecule has 0 rings (SSSR count). The SMILES string of the molecule is C=CC.C=CC.C=CCCCCC.CCCCC(=O)Cl. The summed E-state index contributed by atoms with van der Waals surface area (Å²) in [6.07, 6.45) is 13.1. The van der Waals surface area contributed by atoms with Crippen LogP contribution in [0.15, 0.2) is 38.0 Å². The molecule has 20 heavy (non-hydrogen) atoms. The molecule has 0 unspecified atom stereocenters. The monoisotopic (exact) mass is 302 g/mol. The molecule has 0 spiro atoms. The van der Waals surface area contributed by atoms with Gasteiger partial charge >= 0.3 is 0 Å². The van der Waals surface area contributed by atoms with Gasteiger partial charge in [-0.2, -0.15) is 0 Å². The third kappa shape index (κ3) is 87.2. The molecule has 0 fully saturated rings. The van der Waals surface area contributed by atoms with Crippen molar-refractivity contribution in [1.82, 2.24) is 0 Å². The lowest BCUT2D eigenvalue weighted by molar-refractivity contribution is -0.111. The van der Waals surface area contributed by atoms with Gasteiger partial charge in [0, 0.05) is 6.42 Å². The summed E-state index contributed by atoms with van der Waals surface area (Å²) in [7, 11) is 0. The van der Waals surface area contributed by atoms with Gasteiger partial charge in [0.05, 0.1) is 0 Å². The first-order valence-corrected chi connectivity index (χ1v) is 7.83. The Hall–Kier alpha value is -0.820. The molecule has 0 aliphatic carbocycles. The summed E-state index contributed by atoms with van der Waals surface area (Å²) in [5.74, 6) is 0. The van der Waals surface area contributed by atoms with Crippen LogP contribution >= 0.6 is 11.6 Å². The van der Waals surface area contributed by atoms with E-state index >= 15 is 0 Å². The Morgan fingerprint density at radius 1 is 0.950 bits per heavy atom. The second-order valence-electron chi connectivity index (χ2n) is 4.06. The second-order valence-corrected chi connectivity index (χ2v) is 4.48. The van der Waals surface area contributed by atoms with E-state index in [1.807, 2.05) is 26.8 Å². The van der Waals surface area contributed by atoms with E-state index in [0.29, 0.717) is 6.42 Å². The van der Waals surface area contributed by atoms with Crippen molar-refractivity contribution in [2.45, 2.75) is 72.6 Å². The molecular formula is C18H35ClO. The third-order valence-corrected chi connectivity index (χ3v) is 1.93. The Bertz CT molecular complexity index is 192. The highest BCUT2D eigenvalue weighted by atomic mass is 35.5. The fourth-order valence-electron chi connectivity index (χ4n) is 0.854. The number of hydrogen-bond acceptors (Lipinski definition) is 1. The lowest BCUT2D eigenvalue weighted by atomic mass is 10.2. The summed E-state index contributed by atoms with van der Waals surface area (Å²) in [5.41, 5.74) is 0. The van der Waals surface area contributed by atoms with Gasteiger partial charge in [-0.25, -0.2) is 0 Å². The van der Waals surface area contributed by atoms with Gasteiger partial charge in [-0.3, -0.25) is 4.79 Å². The number of allylic oxidation sites excluding steroid dienone is 3. The van der Waals surface area contributed by atoms with Crippen molar-refractivity contribution in [3.8, 4) is 0 Å².